The Balaban J connectivity index is 2.00. The summed E-state index contributed by atoms with van der Waals surface area (Å²) in [6.07, 6.45) is 5.78. The number of carbonyl (C=O) groups is 2. The number of hydrogen-bond donors (Lipinski definition) is 1. The lowest BCUT2D eigenvalue weighted by Crippen LogP contribution is -2.44. The number of piperidine rings is 1. The van der Waals surface area contributed by atoms with E-state index in [4.69, 9.17) is 5.73 Å². The molecule has 7 nitrogen and oxygen atoms in total. The third-order valence-corrected chi connectivity index (χ3v) is 4.19. The standard InChI is InChI=1S/C16H15N5O2/c17-16(23)10-4-5-13-12(7-10)15-11(8-18-13)9-19-21(15)20-6-2-1-3-14(20)22/h4-5,7-9H,1-3,6H2,(H2,17,23). The average Bonchev–Trinajstić information content (AvgIpc) is 2.99. The summed E-state index contributed by atoms with van der Waals surface area (Å²) in [4.78, 5) is 29.7. The van der Waals surface area contributed by atoms with Crippen molar-refractivity contribution in [1.29, 1.82) is 0 Å². The van der Waals surface area contributed by atoms with Crippen LogP contribution in [-0.4, -0.2) is 33.2 Å². The number of aromatic nitrogens is 3. The van der Waals surface area contributed by atoms with Crippen LogP contribution in [0.4, 0.5) is 0 Å². The van der Waals surface area contributed by atoms with E-state index in [0.29, 0.717) is 18.5 Å². The lowest BCUT2D eigenvalue weighted by atomic mass is 10.1. The number of rotatable bonds is 2. The molecule has 0 saturated carbocycles. The fourth-order valence-corrected chi connectivity index (χ4v) is 3.01. The summed E-state index contributed by atoms with van der Waals surface area (Å²) in [5, 5.41) is 7.59. The maximum atomic E-state index is 12.2. The van der Waals surface area contributed by atoms with Crippen molar-refractivity contribution >= 4 is 33.6 Å². The molecule has 0 atom stereocenters. The first kappa shape index (κ1) is 13.7. The van der Waals surface area contributed by atoms with Gasteiger partial charge in [-0.3, -0.25) is 14.6 Å². The van der Waals surface area contributed by atoms with E-state index in [0.717, 1.165) is 34.6 Å². The highest BCUT2D eigenvalue weighted by atomic mass is 16.2. The van der Waals surface area contributed by atoms with Gasteiger partial charge in [-0.05, 0) is 31.0 Å². The van der Waals surface area contributed by atoms with Crippen LogP contribution < -0.4 is 10.7 Å². The number of carbonyl (C=O) groups excluding carboxylic acids is 2. The van der Waals surface area contributed by atoms with E-state index in [2.05, 4.69) is 10.1 Å². The number of nitrogens with two attached hydrogens (primary N) is 1. The fraction of sp³-hybridized carbons (Fsp3) is 0.250. The van der Waals surface area contributed by atoms with E-state index in [9.17, 15) is 9.59 Å². The summed E-state index contributed by atoms with van der Waals surface area (Å²) in [7, 11) is 0. The molecule has 0 aliphatic carbocycles. The van der Waals surface area contributed by atoms with Crippen molar-refractivity contribution in [3.05, 3.63) is 36.2 Å². The summed E-state index contributed by atoms with van der Waals surface area (Å²) < 4.78 is 0. The van der Waals surface area contributed by atoms with Gasteiger partial charge in [0.05, 0.1) is 11.7 Å². The van der Waals surface area contributed by atoms with E-state index < -0.39 is 5.91 Å². The number of benzene rings is 1. The second-order valence-corrected chi connectivity index (χ2v) is 5.67. The van der Waals surface area contributed by atoms with E-state index in [-0.39, 0.29) is 5.91 Å². The van der Waals surface area contributed by atoms with Gasteiger partial charge in [0, 0.05) is 35.5 Å². The van der Waals surface area contributed by atoms with Crippen molar-refractivity contribution in [1.82, 2.24) is 14.9 Å². The Labute approximate surface area is 131 Å². The van der Waals surface area contributed by atoms with Gasteiger partial charge in [0.15, 0.2) is 0 Å². The first-order valence-corrected chi connectivity index (χ1v) is 7.52. The molecular formula is C16H15N5O2. The molecule has 2 N–H and O–H groups in total. The van der Waals surface area contributed by atoms with Gasteiger partial charge in [-0.15, -0.1) is 0 Å². The molecule has 0 bridgehead atoms. The van der Waals surface area contributed by atoms with Gasteiger partial charge in [0.25, 0.3) is 0 Å². The van der Waals surface area contributed by atoms with E-state index in [1.807, 2.05) is 0 Å². The Morgan fingerprint density at radius 1 is 1.22 bits per heavy atom. The van der Waals surface area contributed by atoms with Gasteiger partial charge < -0.3 is 5.73 Å². The first-order valence-electron chi connectivity index (χ1n) is 7.52. The van der Waals surface area contributed by atoms with Gasteiger partial charge in [-0.2, -0.15) is 9.89 Å². The number of primary amides is 1. The molecule has 116 valence electrons. The highest BCUT2D eigenvalue weighted by molar-refractivity contribution is 6.07. The van der Waals surface area contributed by atoms with Gasteiger partial charge in [0.1, 0.15) is 5.52 Å². The zero-order valence-corrected chi connectivity index (χ0v) is 12.4. The second kappa shape index (κ2) is 5.05. The molecule has 1 aliphatic heterocycles. The van der Waals surface area contributed by atoms with Crippen LogP contribution in [0.5, 0.6) is 0 Å². The number of nitrogens with zero attached hydrogens (tertiary/aromatic N) is 4. The Morgan fingerprint density at radius 3 is 2.87 bits per heavy atom. The zero-order valence-electron chi connectivity index (χ0n) is 12.4. The highest BCUT2D eigenvalue weighted by Crippen LogP contribution is 2.25. The third kappa shape index (κ3) is 2.12. The Kier molecular flexibility index (Phi) is 3.00. The molecule has 23 heavy (non-hydrogen) atoms. The zero-order chi connectivity index (χ0) is 16.0. The predicted molar refractivity (Wildman–Crippen MR) is 85.5 cm³/mol. The molecule has 1 saturated heterocycles. The molecule has 1 aromatic carbocycles. The number of hydrogen-bond acceptors (Lipinski definition) is 4. The van der Waals surface area contributed by atoms with Crippen LogP contribution >= 0.6 is 0 Å². The lowest BCUT2D eigenvalue weighted by Gasteiger charge is -2.27. The Morgan fingerprint density at radius 2 is 2.09 bits per heavy atom. The van der Waals surface area contributed by atoms with Crippen molar-refractivity contribution in [2.75, 3.05) is 11.6 Å². The monoisotopic (exact) mass is 309 g/mol. The van der Waals surface area contributed by atoms with Crippen LogP contribution in [-0.2, 0) is 4.79 Å². The highest BCUT2D eigenvalue weighted by Gasteiger charge is 2.23. The lowest BCUT2D eigenvalue weighted by molar-refractivity contribution is -0.121. The van der Waals surface area contributed by atoms with Crippen molar-refractivity contribution in [2.45, 2.75) is 19.3 Å². The molecule has 0 radical (unpaired) electrons. The van der Waals surface area contributed by atoms with E-state index >= 15 is 0 Å². The SMILES string of the molecule is NC(=O)c1ccc2ncc3cnn(N4CCCCC4=O)c3c2c1. The van der Waals surface area contributed by atoms with E-state index in [1.54, 1.807) is 40.4 Å². The second-order valence-electron chi connectivity index (χ2n) is 5.67. The minimum atomic E-state index is -0.496. The van der Waals surface area contributed by atoms with Crippen LogP contribution in [0, 0.1) is 0 Å². The molecule has 3 aromatic rings. The molecule has 4 rings (SSSR count). The molecule has 1 aliphatic rings. The Hall–Kier alpha value is -2.96. The first-order chi connectivity index (χ1) is 11.1. The van der Waals surface area contributed by atoms with Gasteiger partial charge in [-0.25, -0.2) is 5.01 Å². The topological polar surface area (TPSA) is 94.1 Å². The number of amides is 2. The smallest absolute Gasteiger partial charge is 0.248 e. The fourth-order valence-electron chi connectivity index (χ4n) is 3.01. The van der Waals surface area contributed by atoms with Crippen LogP contribution in [0.2, 0.25) is 0 Å². The molecule has 7 heteroatoms. The van der Waals surface area contributed by atoms with Crippen molar-refractivity contribution in [2.24, 2.45) is 5.73 Å². The van der Waals surface area contributed by atoms with Crippen LogP contribution in [0.3, 0.4) is 0 Å². The minimum Gasteiger partial charge on any atom is -0.366 e. The maximum Gasteiger partial charge on any atom is 0.248 e. The summed E-state index contributed by atoms with van der Waals surface area (Å²) in [6.45, 7) is 0.634. The van der Waals surface area contributed by atoms with Crippen molar-refractivity contribution < 1.29 is 9.59 Å². The number of fused-ring (bicyclic) bond motifs is 3. The molecule has 1 fully saturated rings. The molecule has 0 unspecified atom stereocenters. The van der Waals surface area contributed by atoms with E-state index in [1.165, 1.54) is 0 Å². The van der Waals surface area contributed by atoms with Crippen molar-refractivity contribution in [3.8, 4) is 0 Å². The Bertz CT molecular complexity index is 946. The average molecular weight is 309 g/mol. The van der Waals surface area contributed by atoms with Gasteiger partial charge >= 0.3 is 0 Å². The van der Waals surface area contributed by atoms with Crippen LogP contribution in [0.1, 0.15) is 29.6 Å². The van der Waals surface area contributed by atoms with Crippen LogP contribution in [0.15, 0.2) is 30.6 Å². The molecule has 0 spiro atoms. The third-order valence-electron chi connectivity index (χ3n) is 4.19. The maximum absolute atomic E-state index is 12.2. The summed E-state index contributed by atoms with van der Waals surface area (Å²) in [5.74, 6) is -0.443. The minimum absolute atomic E-state index is 0.0530. The van der Waals surface area contributed by atoms with Gasteiger partial charge in [-0.1, -0.05) is 0 Å². The summed E-state index contributed by atoms with van der Waals surface area (Å²) >= 11 is 0. The molecular weight excluding hydrogens is 294 g/mol. The molecule has 2 aromatic heterocycles. The summed E-state index contributed by atoms with van der Waals surface area (Å²) in [5.41, 5.74) is 7.29. The van der Waals surface area contributed by atoms with Crippen LogP contribution in [0.25, 0.3) is 21.8 Å². The largest absolute Gasteiger partial charge is 0.366 e. The quantitative estimate of drug-likeness (QED) is 0.772. The van der Waals surface area contributed by atoms with Gasteiger partial charge in [0.2, 0.25) is 11.8 Å². The molecule has 3 heterocycles. The molecule has 2 amide bonds. The predicted octanol–water partition coefficient (Wildman–Crippen LogP) is 1.33. The summed E-state index contributed by atoms with van der Waals surface area (Å²) in [6, 6.07) is 5.11. The normalized spacial score (nSPS) is 15.5. The number of pyridine rings is 1. The van der Waals surface area contributed by atoms with Crippen molar-refractivity contribution in [3.63, 3.8) is 0 Å².